The Morgan fingerprint density at radius 2 is 2.12 bits per heavy atom. The van der Waals surface area contributed by atoms with Crippen molar-refractivity contribution in [2.24, 2.45) is 5.10 Å². The van der Waals surface area contributed by atoms with E-state index in [2.05, 4.69) is 15.1 Å². The second kappa shape index (κ2) is 5.58. The van der Waals surface area contributed by atoms with Crippen LogP contribution in [0.2, 0.25) is 5.02 Å². The highest BCUT2D eigenvalue weighted by Gasteiger charge is 2.10. The third kappa shape index (κ3) is 2.47. The van der Waals surface area contributed by atoms with Crippen LogP contribution in [0.5, 0.6) is 0 Å². The van der Waals surface area contributed by atoms with Gasteiger partial charge in [-0.3, -0.25) is 4.79 Å². The van der Waals surface area contributed by atoms with E-state index in [0.29, 0.717) is 21.6 Å². The third-order valence-corrected chi connectivity index (χ3v) is 3.87. The van der Waals surface area contributed by atoms with Crippen LogP contribution in [-0.2, 0) is 0 Å². The Bertz CT molecular complexity index is 1160. The van der Waals surface area contributed by atoms with Gasteiger partial charge in [-0.25, -0.2) is 9.37 Å². The van der Waals surface area contributed by atoms with Crippen molar-refractivity contribution in [2.45, 2.75) is 0 Å². The van der Waals surface area contributed by atoms with Crippen LogP contribution in [0.3, 0.4) is 0 Å². The fourth-order valence-corrected chi connectivity index (χ4v) is 2.69. The molecular formula is C17H10ClFN4O. The highest BCUT2D eigenvalue weighted by molar-refractivity contribution is 6.31. The van der Waals surface area contributed by atoms with Crippen molar-refractivity contribution in [3.05, 3.63) is 75.5 Å². The second-order valence-corrected chi connectivity index (χ2v) is 5.67. The molecule has 0 aliphatic carbocycles. The van der Waals surface area contributed by atoms with Gasteiger partial charge in [0.1, 0.15) is 23.2 Å². The van der Waals surface area contributed by atoms with Crippen molar-refractivity contribution >= 4 is 39.8 Å². The predicted octanol–water partition coefficient (Wildman–Crippen LogP) is 3.55. The first-order valence-corrected chi connectivity index (χ1v) is 7.48. The summed E-state index contributed by atoms with van der Waals surface area (Å²) < 4.78 is 14.3. The first kappa shape index (κ1) is 14.6. The van der Waals surface area contributed by atoms with Crippen molar-refractivity contribution in [2.75, 3.05) is 0 Å². The molecule has 0 spiro atoms. The molecule has 0 radical (unpaired) electrons. The van der Waals surface area contributed by atoms with Crippen LogP contribution in [-0.4, -0.2) is 20.9 Å². The van der Waals surface area contributed by atoms with Crippen molar-refractivity contribution in [3.63, 3.8) is 0 Å². The molecule has 0 saturated heterocycles. The molecule has 2 aromatic carbocycles. The van der Waals surface area contributed by atoms with Gasteiger partial charge in [-0.15, -0.1) is 0 Å². The number of nitrogens with zero attached hydrogens (tertiary/aromatic N) is 3. The Morgan fingerprint density at radius 1 is 1.25 bits per heavy atom. The molecule has 4 aromatic rings. The Morgan fingerprint density at radius 3 is 2.96 bits per heavy atom. The van der Waals surface area contributed by atoms with Gasteiger partial charge >= 0.3 is 0 Å². The van der Waals surface area contributed by atoms with E-state index in [9.17, 15) is 9.18 Å². The number of halogens is 2. The molecule has 0 saturated carbocycles. The molecule has 7 heteroatoms. The summed E-state index contributed by atoms with van der Waals surface area (Å²) in [5, 5.41) is 5.40. The average molecular weight is 341 g/mol. The van der Waals surface area contributed by atoms with Gasteiger partial charge in [0, 0.05) is 15.9 Å². The SMILES string of the molecule is O=c1c2[nH]c3ccc(Cl)cc3c2ncn1/N=C\c1cccc(F)c1. The van der Waals surface area contributed by atoms with Crippen LogP contribution in [0.4, 0.5) is 4.39 Å². The highest BCUT2D eigenvalue weighted by Crippen LogP contribution is 2.24. The Balaban J connectivity index is 1.84. The minimum atomic E-state index is -0.368. The van der Waals surface area contributed by atoms with Crippen LogP contribution in [0, 0.1) is 5.82 Å². The van der Waals surface area contributed by atoms with E-state index in [4.69, 9.17) is 11.6 Å². The second-order valence-electron chi connectivity index (χ2n) is 5.23. The van der Waals surface area contributed by atoms with Gasteiger partial charge in [-0.1, -0.05) is 23.7 Å². The van der Waals surface area contributed by atoms with Gasteiger partial charge in [0.25, 0.3) is 5.56 Å². The largest absolute Gasteiger partial charge is 0.349 e. The maximum atomic E-state index is 13.2. The standard InChI is InChI=1S/C17H10ClFN4O/c18-11-4-5-14-13(7-11)15-16(22-14)17(24)23(9-20-15)21-8-10-2-1-3-12(19)6-10/h1-9,22H/b21-8-. The molecule has 2 aromatic heterocycles. The zero-order valence-corrected chi connectivity index (χ0v) is 13.0. The number of benzene rings is 2. The molecule has 118 valence electrons. The molecule has 0 fully saturated rings. The molecule has 0 unspecified atom stereocenters. The Labute approximate surface area is 140 Å². The van der Waals surface area contributed by atoms with E-state index >= 15 is 0 Å². The van der Waals surface area contributed by atoms with Crippen LogP contribution >= 0.6 is 11.6 Å². The minimum absolute atomic E-state index is 0.339. The quantitative estimate of drug-likeness (QED) is 0.567. The zero-order chi connectivity index (χ0) is 16.7. The lowest BCUT2D eigenvalue weighted by molar-refractivity contribution is 0.627. The van der Waals surface area contributed by atoms with Crippen LogP contribution in [0.15, 0.2) is 58.7 Å². The van der Waals surface area contributed by atoms with E-state index < -0.39 is 0 Å². The van der Waals surface area contributed by atoms with Gasteiger partial charge in [0.05, 0.1) is 6.21 Å². The molecule has 24 heavy (non-hydrogen) atoms. The molecule has 4 rings (SSSR count). The number of fused-ring (bicyclic) bond motifs is 3. The Hall–Kier alpha value is -2.99. The summed E-state index contributed by atoms with van der Waals surface area (Å²) in [7, 11) is 0. The topological polar surface area (TPSA) is 63.0 Å². The molecule has 0 atom stereocenters. The zero-order valence-electron chi connectivity index (χ0n) is 12.2. The molecule has 0 aliphatic heterocycles. The monoisotopic (exact) mass is 340 g/mol. The van der Waals surface area contributed by atoms with E-state index in [1.807, 2.05) is 0 Å². The van der Waals surface area contributed by atoms with Gasteiger partial charge in [-0.05, 0) is 35.9 Å². The number of rotatable bonds is 2. The number of H-pyrrole nitrogens is 1. The summed E-state index contributed by atoms with van der Waals surface area (Å²) in [5.41, 5.74) is 1.84. The molecule has 0 aliphatic rings. The summed E-state index contributed by atoms with van der Waals surface area (Å²) in [6.07, 6.45) is 2.73. The lowest BCUT2D eigenvalue weighted by atomic mass is 10.2. The van der Waals surface area contributed by atoms with Gasteiger partial charge in [0.15, 0.2) is 0 Å². The van der Waals surface area contributed by atoms with Crippen LogP contribution in [0.25, 0.3) is 21.9 Å². The molecule has 1 N–H and O–H groups in total. The van der Waals surface area contributed by atoms with Crippen molar-refractivity contribution < 1.29 is 4.39 Å². The number of aromatic nitrogens is 3. The maximum Gasteiger partial charge on any atom is 0.298 e. The van der Waals surface area contributed by atoms with Crippen molar-refractivity contribution in [1.29, 1.82) is 0 Å². The molecule has 0 amide bonds. The van der Waals surface area contributed by atoms with Gasteiger partial charge in [-0.2, -0.15) is 9.78 Å². The predicted molar refractivity (Wildman–Crippen MR) is 92.3 cm³/mol. The number of hydrogen-bond donors (Lipinski definition) is 1. The molecule has 2 heterocycles. The number of hydrogen-bond acceptors (Lipinski definition) is 3. The lowest BCUT2D eigenvalue weighted by Gasteiger charge is -1.98. The van der Waals surface area contributed by atoms with Crippen LogP contribution in [0.1, 0.15) is 5.56 Å². The third-order valence-electron chi connectivity index (χ3n) is 3.63. The smallest absolute Gasteiger partial charge is 0.298 e. The van der Waals surface area contributed by atoms with Crippen LogP contribution < -0.4 is 5.56 Å². The lowest BCUT2D eigenvalue weighted by Crippen LogP contribution is -2.17. The summed E-state index contributed by atoms with van der Waals surface area (Å²) in [4.78, 5) is 19.9. The summed E-state index contributed by atoms with van der Waals surface area (Å²) in [5.74, 6) is -0.368. The maximum absolute atomic E-state index is 13.2. The fourth-order valence-electron chi connectivity index (χ4n) is 2.52. The number of nitrogens with one attached hydrogen (secondary N) is 1. The summed E-state index contributed by atoms with van der Waals surface area (Å²) in [6.45, 7) is 0. The van der Waals surface area contributed by atoms with Gasteiger partial charge in [0.2, 0.25) is 0 Å². The fraction of sp³-hybridized carbons (Fsp3) is 0. The minimum Gasteiger partial charge on any atom is -0.349 e. The molecule has 0 bridgehead atoms. The first-order chi connectivity index (χ1) is 11.6. The van der Waals surface area contributed by atoms with Crippen molar-refractivity contribution in [1.82, 2.24) is 14.6 Å². The highest BCUT2D eigenvalue weighted by atomic mass is 35.5. The van der Waals surface area contributed by atoms with E-state index in [1.165, 1.54) is 24.7 Å². The number of aromatic amines is 1. The van der Waals surface area contributed by atoms with E-state index in [1.54, 1.807) is 30.3 Å². The normalized spacial score (nSPS) is 11.8. The molecular weight excluding hydrogens is 331 g/mol. The average Bonchev–Trinajstić information content (AvgIpc) is 2.93. The van der Waals surface area contributed by atoms with Crippen molar-refractivity contribution in [3.8, 4) is 0 Å². The van der Waals surface area contributed by atoms with E-state index in [0.717, 1.165) is 15.6 Å². The summed E-state index contributed by atoms with van der Waals surface area (Å²) in [6, 6.07) is 11.2. The van der Waals surface area contributed by atoms with E-state index in [-0.39, 0.29) is 11.4 Å². The van der Waals surface area contributed by atoms with Gasteiger partial charge < -0.3 is 4.98 Å². The first-order valence-electron chi connectivity index (χ1n) is 7.10. The molecule has 5 nitrogen and oxygen atoms in total. The Kier molecular flexibility index (Phi) is 3.39. The summed E-state index contributed by atoms with van der Waals surface area (Å²) >= 11 is 6.00.